The number of halogens is 2. The van der Waals surface area contributed by atoms with Crippen LogP contribution in [-0.4, -0.2) is 20.3 Å². The van der Waals surface area contributed by atoms with Gasteiger partial charge in [0.2, 0.25) is 0 Å². The van der Waals surface area contributed by atoms with Crippen LogP contribution in [0.1, 0.15) is 0 Å². The third-order valence-electron chi connectivity index (χ3n) is 1.75. The Labute approximate surface area is 91.9 Å². The van der Waals surface area contributed by atoms with Crippen LogP contribution >= 0.6 is 11.6 Å². The molecule has 0 radical (unpaired) electrons. The number of anilines is 2. The van der Waals surface area contributed by atoms with Gasteiger partial charge in [-0.1, -0.05) is 11.6 Å². The maximum Gasteiger partial charge on any atom is 0.187 e. The summed E-state index contributed by atoms with van der Waals surface area (Å²) in [7, 11) is 1.51. The molecule has 0 fully saturated rings. The molecule has 0 saturated carbocycles. The zero-order valence-electron chi connectivity index (χ0n) is 8.22. The first-order valence-electron chi connectivity index (χ1n) is 4.22. The van der Waals surface area contributed by atoms with E-state index in [1.807, 2.05) is 0 Å². The van der Waals surface area contributed by atoms with Gasteiger partial charge in [-0.25, -0.2) is 4.39 Å². The predicted molar refractivity (Wildman–Crippen MR) is 57.6 cm³/mol. The average Bonchev–Trinajstić information content (AvgIpc) is 2.20. The van der Waals surface area contributed by atoms with Gasteiger partial charge in [0, 0.05) is 7.11 Å². The van der Waals surface area contributed by atoms with Crippen molar-refractivity contribution in [2.24, 2.45) is 0 Å². The molecule has 0 saturated heterocycles. The highest BCUT2D eigenvalue weighted by Crippen LogP contribution is 2.35. The van der Waals surface area contributed by atoms with E-state index >= 15 is 0 Å². The molecule has 4 nitrogen and oxygen atoms in total. The molecule has 0 aliphatic rings. The van der Waals surface area contributed by atoms with Gasteiger partial charge in [-0.05, 0) is 6.07 Å². The van der Waals surface area contributed by atoms with Crippen LogP contribution in [0.5, 0.6) is 5.75 Å². The Balaban J connectivity index is 2.92. The first-order valence-corrected chi connectivity index (χ1v) is 4.60. The van der Waals surface area contributed by atoms with Crippen molar-refractivity contribution in [3.63, 3.8) is 0 Å². The molecule has 0 bridgehead atoms. The Kier molecular flexibility index (Phi) is 3.99. The highest BCUT2D eigenvalue weighted by atomic mass is 35.5. The third kappa shape index (κ3) is 2.64. The molecule has 0 spiro atoms. The van der Waals surface area contributed by atoms with Crippen molar-refractivity contribution >= 4 is 23.0 Å². The molecule has 1 rings (SSSR count). The number of benzene rings is 1. The molecule has 6 heteroatoms. The van der Waals surface area contributed by atoms with E-state index in [9.17, 15) is 4.39 Å². The molecular formula is C9H12ClFN2O2. The van der Waals surface area contributed by atoms with Crippen molar-refractivity contribution in [3.05, 3.63) is 16.9 Å². The van der Waals surface area contributed by atoms with Crippen LogP contribution < -0.4 is 16.2 Å². The quantitative estimate of drug-likeness (QED) is 0.614. The van der Waals surface area contributed by atoms with Crippen molar-refractivity contribution in [1.82, 2.24) is 0 Å². The first kappa shape index (κ1) is 11.9. The molecule has 0 atom stereocenters. The van der Waals surface area contributed by atoms with Gasteiger partial charge >= 0.3 is 0 Å². The van der Waals surface area contributed by atoms with E-state index in [2.05, 4.69) is 0 Å². The SMILES string of the molecule is COCCOc1c(N)cc(N)c(Cl)c1F. The lowest BCUT2D eigenvalue weighted by molar-refractivity contribution is 0.144. The molecular weight excluding hydrogens is 223 g/mol. The molecule has 0 aliphatic carbocycles. The van der Waals surface area contributed by atoms with Crippen molar-refractivity contribution in [1.29, 1.82) is 0 Å². The van der Waals surface area contributed by atoms with E-state index in [1.54, 1.807) is 0 Å². The summed E-state index contributed by atoms with van der Waals surface area (Å²) in [6, 6.07) is 1.35. The molecule has 1 aromatic carbocycles. The topological polar surface area (TPSA) is 70.5 Å². The van der Waals surface area contributed by atoms with Crippen molar-refractivity contribution in [2.45, 2.75) is 0 Å². The van der Waals surface area contributed by atoms with Gasteiger partial charge in [0.25, 0.3) is 0 Å². The molecule has 15 heavy (non-hydrogen) atoms. The summed E-state index contributed by atoms with van der Waals surface area (Å²) in [6.07, 6.45) is 0. The number of nitrogens with two attached hydrogens (primary N) is 2. The Morgan fingerprint density at radius 1 is 1.33 bits per heavy atom. The van der Waals surface area contributed by atoms with E-state index < -0.39 is 5.82 Å². The summed E-state index contributed by atoms with van der Waals surface area (Å²) in [5, 5.41) is -0.184. The van der Waals surface area contributed by atoms with Crippen LogP contribution in [0, 0.1) is 5.82 Å². The van der Waals surface area contributed by atoms with Gasteiger partial charge in [-0.3, -0.25) is 0 Å². The zero-order chi connectivity index (χ0) is 11.4. The first-order chi connectivity index (χ1) is 7.07. The van der Waals surface area contributed by atoms with Crippen LogP contribution in [0.2, 0.25) is 5.02 Å². The summed E-state index contributed by atoms with van der Waals surface area (Å²) < 4.78 is 23.3. The second-order valence-electron chi connectivity index (χ2n) is 2.85. The van der Waals surface area contributed by atoms with Crippen LogP contribution in [-0.2, 0) is 4.74 Å². The third-order valence-corrected chi connectivity index (χ3v) is 2.14. The second kappa shape index (κ2) is 5.04. The smallest absolute Gasteiger partial charge is 0.187 e. The number of ether oxygens (including phenoxy) is 2. The number of rotatable bonds is 4. The lowest BCUT2D eigenvalue weighted by Crippen LogP contribution is -2.08. The number of hydrogen-bond acceptors (Lipinski definition) is 4. The highest BCUT2D eigenvalue weighted by Gasteiger charge is 2.15. The maximum absolute atomic E-state index is 13.5. The van der Waals surface area contributed by atoms with E-state index in [0.29, 0.717) is 6.61 Å². The molecule has 4 N–H and O–H groups in total. The monoisotopic (exact) mass is 234 g/mol. The standard InChI is InChI=1S/C9H12ClFN2O2/c1-14-2-3-15-9-6(13)4-5(12)7(10)8(9)11/h4H,2-3,12-13H2,1H3. The minimum atomic E-state index is -0.745. The predicted octanol–water partition coefficient (Wildman–Crippen LogP) is 1.67. The van der Waals surface area contributed by atoms with Crippen LogP contribution in [0.25, 0.3) is 0 Å². The van der Waals surface area contributed by atoms with Gasteiger partial charge in [0.05, 0.1) is 18.0 Å². The molecule has 0 aromatic heterocycles. The number of hydrogen-bond donors (Lipinski definition) is 2. The Morgan fingerprint density at radius 3 is 2.60 bits per heavy atom. The Morgan fingerprint density at radius 2 is 2.00 bits per heavy atom. The maximum atomic E-state index is 13.5. The number of nitrogen functional groups attached to an aromatic ring is 2. The molecule has 0 aliphatic heterocycles. The minimum absolute atomic E-state index is 0.0887. The summed E-state index contributed by atoms with van der Waals surface area (Å²) in [5.41, 5.74) is 11.1. The lowest BCUT2D eigenvalue weighted by atomic mass is 10.2. The second-order valence-corrected chi connectivity index (χ2v) is 3.23. The normalized spacial score (nSPS) is 10.3. The lowest BCUT2D eigenvalue weighted by Gasteiger charge is -2.11. The molecule has 1 aromatic rings. The van der Waals surface area contributed by atoms with Crippen molar-refractivity contribution in [2.75, 3.05) is 31.8 Å². The fourth-order valence-corrected chi connectivity index (χ4v) is 1.16. The van der Waals surface area contributed by atoms with Crippen LogP contribution in [0.3, 0.4) is 0 Å². The van der Waals surface area contributed by atoms with Crippen LogP contribution in [0.15, 0.2) is 6.07 Å². The van der Waals surface area contributed by atoms with Crippen LogP contribution in [0.4, 0.5) is 15.8 Å². The summed E-state index contributed by atoms with van der Waals surface area (Å²) in [4.78, 5) is 0. The fourth-order valence-electron chi connectivity index (χ4n) is 1.02. The molecule has 0 unspecified atom stereocenters. The molecule has 0 amide bonds. The van der Waals surface area contributed by atoms with Gasteiger partial charge < -0.3 is 20.9 Å². The summed E-state index contributed by atoms with van der Waals surface area (Å²) in [6.45, 7) is 0.527. The Bertz CT molecular complexity index is 360. The Hall–Kier alpha value is -1.20. The summed E-state index contributed by atoms with van der Waals surface area (Å²) >= 11 is 5.60. The van der Waals surface area contributed by atoms with Crippen molar-refractivity contribution in [3.8, 4) is 5.75 Å². The zero-order valence-corrected chi connectivity index (χ0v) is 8.97. The summed E-state index contributed by atoms with van der Waals surface area (Å²) in [5.74, 6) is -0.837. The highest BCUT2D eigenvalue weighted by molar-refractivity contribution is 6.33. The van der Waals surface area contributed by atoms with Gasteiger partial charge in [0.1, 0.15) is 11.6 Å². The number of methoxy groups -OCH3 is 1. The minimum Gasteiger partial charge on any atom is -0.486 e. The fraction of sp³-hybridized carbons (Fsp3) is 0.333. The largest absolute Gasteiger partial charge is 0.486 e. The average molecular weight is 235 g/mol. The van der Waals surface area contributed by atoms with E-state index in [1.165, 1.54) is 13.2 Å². The van der Waals surface area contributed by atoms with Gasteiger partial charge in [-0.15, -0.1) is 0 Å². The van der Waals surface area contributed by atoms with Crippen molar-refractivity contribution < 1.29 is 13.9 Å². The van der Waals surface area contributed by atoms with E-state index in [-0.39, 0.29) is 28.8 Å². The van der Waals surface area contributed by atoms with Gasteiger partial charge in [-0.2, -0.15) is 0 Å². The van der Waals surface area contributed by atoms with E-state index in [0.717, 1.165) is 0 Å². The molecule has 84 valence electrons. The van der Waals surface area contributed by atoms with E-state index in [4.69, 9.17) is 32.5 Å². The molecule has 0 heterocycles. The van der Waals surface area contributed by atoms with Gasteiger partial charge in [0.15, 0.2) is 11.6 Å².